The van der Waals surface area contributed by atoms with Crippen LogP contribution < -0.4 is 10.1 Å². The average molecular weight is 447 g/mol. The molecule has 32 heavy (non-hydrogen) atoms. The topological polar surface area (TPSA) is 69.0 Å². The predicted molar refractivity (Wildman–Crippen MR) is 129 cm³/mol. The molecule has 1 atom stereocenters. The summed E-state index contributed by atoms with van der Waals surface area (Å²) < 4.78 is 7.24. The molecule has 2 aromatic carbocycles. The molecule has 0 spiro atoms. The Bertz CT molecular complexity index is 1220. The molecule has 0 aliphatic heterocycles. The molecular weight excluding hydrogens is 420 g/mol. The number of fused-ring (bicyclic) bond motifs is 1. The van der Waals surface area contributed by atoms with E-state index in [-0.39, 0.29) is 5.91 Å². The van der Waals surface area contributed by atoms with Crippen LogP contribution in [-0.2, 0) is 10.5 Å². The van der Waals surface area contributed by atoms with Crippen molar-refractivity contribution >= 4 is 34.5 Å². The molecule has 7 heteroatoms. The van der Waals surface area contributed by atoms with E-state index >= 15 is 0 Å². The van der Waals surface area contributed by atoms with Crippen molar-refractivity contribution in [2.75, 3.05) is 12.4 Å². The molecule has 0 saturated heterocycles. The summed E-state index contributed by atoms with van der Waals surface area (Å²) in [6.07, 6.45) is 2.34. The highest BCUT2D eigenvalue weighted by molar-refractivity contribution is 7.98. The fraction of sp³-hybridized carbons (Fsp3) is 0.240. The molecule has 0 bridgehead atoms. The number of carbonyl (C=O) groups excluding carboxylic acids is 1. The number of hydrogen-bond acceptors (Lipinski definition) is 5. The number of methoxy groups -OCH3 is 1. The zero-order chi connectivity index (χ0) is 22.5. The lowest BCUT2D eigenvalue weighted by Gasteiger charge is -2.19. The maximum Gasteiger partial charge on any atom is 0.247 e. The minimum atomic E-state index is -0.443. The zero-order valence-corrected chi connectivity index (χ0v) is 19.2. The van der Waals surface area contributed by atoms with Gasteiger partial charge in [0.1, 0.15) is 17.3 Å². The maximum atomic E-state index is 13.3. The van der Waals surface area contributed by atoms with Crippen LogP contribution in [0.5, 0.6) is 5.75 Å². The molecule has 4 aromatic rings. The number of nitrogens with zero attached hydrogens (tertiary/aromatic N) is 3. The van der Waals surface area contributed by atoms with Gasteiger partial charge in [-0.05, 0) is 43.2 Å². The fourth-order valence-corrected chi connectivity index (χ4v) is 4.54. The van der Waals surface area contributed by atoms with Crippen LogP contribution in [0, 0.1) is 6.92 Å². The molecule has 0 fully saturated rings. The highest BCUT2D eigenvalue weighted by Gasteiger charge is 2.25. The number of amides is 1. The number of imidazole rings is 1. The molecule has 1 N–H and O–H groups in total. The van der Waals surface area contributed by atoms with Crippen molar-refractivity contribution in [3.05, 3.63) is 78.0 Å². The van der Waals surface area contributed by atoms with Crippen LogP contribution in [0.2, 0.25) is 0 Å². The predicted octanol–water partition coefficient (Wildman–Crippen LogP) is 5.63. The van der Waals surface area contributed by atoms with Crippen molar-refractivity contribution in [1.82, 2.24) is 14.5 Å². The number of ether oxygens (including phenoxy) is 1. The van der Waals surface area contributed by atoms with E-state index in [9.17, 15) is 4.79 Å². The van der Waals surface area contributed by atoms with Gasteiger partial charge in [-0.15, -0.1) is 0 Å². The second kappa shape index (κ2) is 9.87. The minimum Gasteiger partial charge on any atom is -0.497 e. The number of thioether (sulfide) groups is 1. The third-order valence-corrected chi connectivity index (χ3v) is 6.27. The first-order chi connectivity index (χ1) is 15.6. The first-order valence-electron chi connectivity index (χ1n) is 10.5. The molecule has 0 aliphatic carbocycles. The third kappa shape index (κ3) is 4.78. The average Bonchev–Trinajstić information content (AvgIpc) is 3.17. The summed E-state index contributed by atoms with van der Waals surface area (Å²) >= 11 is 1.62. The number of hydrogen-bond donors (Lipinski definition) is 1. The van der Waals surface area contributed by atoms with E-state index < -0.39 is 6.04 Å². The summed E-state index contributed by atoms with van der Waals surface area (Å²) in [4.78, 5) is 22.6. The van der Waals surface area contributed by atoms with Crippen LogP contribution in [0.15, 0.2) is 72.0 Å². The summed E-state index contributed by atoms with van der Waals surface area (Å²) in [7, 11) is 1.61. The molecule has 2 aromatic heterocycles. The Balaban J connectivity index is 1.64. The van der Waals surface area contributed by atoms with Gasteiger partial charge in [-0.2, -0.15) is 0 Å². The number of carbonyl (C=O) groups is 1. The van der Waals surface area contributed by atoms with E-state index in [1.165, 1.54) is 11.1 Å². The molecule has 6 nitrogen and oxygen atoms in total. The van der Waals surface area contributed by atoms with Gasteiger partial charge in [-0.25, -0.2) is 9.97 Å². The number of anilines is 1. The zero-order valence-electron chi connectivity index (χ0n) is 18.4. The van der Waals surface area contributed by atoms with Crippen LogP contribution >= 0.6 is 11.8 Å². The molecule has 0 radical (unpaired) electrons. The SMILES string of the molecule is CC[C@H](C(=O)Nc1cccc(OC)c1)n1c(SCc2ccc(C)cc2)nc2cccnc21. The van der Waals surface area contributed by atoms with Crippen molar-refractivity contribution < 1.29 is 9.53 Å². The Hall–Kier alpha value is -3.32. The van der Waals surface area contributed by atoms with Crippen LogP contribution in [0.25, 0.3) is 11.2 Å². The standard InChI is InChI=1S/C25H26N4O2S/c1-4-22(24(30)27-19-7-5-8-20(15-19)31-3)29-23-21(9-6-14-26-23)28-25(29)32-16-18-12-10-17(2)11-13-18/h5-15,22H,4,16H2,1-3H3,(H,27,30)/t22-/m1/s1. The molecule has 0 saturated carbocycles. The first-order valence-corrected chi connectivity index (χ1v) is 11.5. The summed E-state index contributed by atoms with van der Waals surface area (Å²) in [6.45, 7) is 4.08. The van der Waals surface area contributed by atoms with Gasteiger partial charge in [0.25, 0.3) is 0 Å². The van der Waals surface area contributed by atoms with Gasteiger partial charge in [-0.3, -0.25) is 9.36 Å². The quantitative estimate of drug-likeness (QED) is 0.355. The van der Waals surface area contributed by atoms with E-state index in [4.69, 9.17) is 9.72 Å². The Kier molecular flexibility index (Phi) is 6.75. The molecule has 0 unspecified atom stereocenters. The van der Waals surface area contributed by atoms with Crippen LogP contribution in [0.4, 0.5) is 5.69 Å². The van der Waals surface area contributed by atoms with Gasteiger partial charge in [0.2, 0.25) is 5.91 Å². The third-order valence-electron chi connectivity index (χ3n) is 5.24. The van der Waals surface area contributed by atoms with Crippen molar-refractivity contribution in [1.29, 1.82) is 0 Å². The summed E-state index contributed by atoms with van der Waals surface area (Å²) in [5.41, 5.74) is 4.63. The number of aryl methyl sites for hydroxylation is 1. The summed E-state index contributed by atoms with van der Waals surface area (Å²) in [5.74, 6) is 1.35. The van der Waals surface area contributed by atoms with Gasteiger partial charge in [-0.1, -0.05) is 54.6 Å². The number of benzene rings is 2. The molecular formula is C25H26N4O2S. The maximum absolute atomic E-state index is 13.3. The molecule has 164 valence electrons. The Morgan fingerprint density at radius 2 is 1.97 bits per heavy atom. The van der Waals surface area contributed by atoms with Crippen molar-refractivity contribution in [2.24, 2.45) is 0 Å². The van der Waals surface area contributed by atoms with Crippen LogP contribution in [-0.4, -0.2) is 27.6 Å². The lowest BCUT2D eigenvalue weighted by atomic mass is 10.2. The number of aromatic nitrogens is 3. The monoisotopic (exact) mass is 446 g/mol. The van der Waals surface area contributed by atoms with Crippen LogP contribution in [0.1, 0.15) is 30.5 Å². The lowest BCUT2D eigenvalue weighted by molar-refractivity contribution is -0.119. The molecule has 1 amide bonds. The molecule has 4 rings (SSSR count). The van der Waals surface area contributed by atoms with E-state index in [0.29, 0.717) is 23.5 Å². The molecule has 2 heterocycles. The number of nitrogens with one attached hydrogen (secondary N) is 1. The number of pyridine rings is 1. The second-order valence-corrected chi connectivity index (χ2v) is 8.47. The van der Waals surface area contributed by atoms with Gasteiger partial charge in [0, 0.05) is 23.7 Å². The fourth-order valence-electron chi connectivity index (χ4n) is 3.54. The van der Waals surface area contributed by atoms with E-state index in [2.05, 4.69) is 41.5 Å². The highest BCUT2D eigenvalue weighted by atomic mass is 32.2. The second-order valence-electron chi connectivity index (χ2n) is 7.53. The van der Waals surface area contributed by atoms with E-state index in [1.54, 1.807) is 25.1 Å². The van der Waals surface area contributed by atoms with Crippen molar-refractivity contribution in [2.45, 2.75) is 37.2 Å². The Morgan fingerprint density at radius 1 is 1.16 bits per heavy atom. The summed E-state index contributed by atoms with van der Waals surface area (Å²) in [6, 6.07) is 19.2. The van der Waals surface area contributed by atoms with Gasteiger partial charge in [0.15, 0.2) is 10.8 Å². The Morgan fingerprint density at radius 3 is 2.72 bits per heavy atom. The highest BCUT2D eigenvalue weighted by Crippen LogP contribution is 2.31. The largest absolute Gasteiger partial charge is 0.497 e. The normalized spacial score (nSPS) is 12.0. The molecule has 0 aliphatic rings. The van der Waals surface area contributed by atoms with Gasteiger partial charge in [0.05, 0.1) is 7.11 Å². The summed E-state index contributed by atoms with van der Waals surface area (Å²) in [5, 5.41) is 3.81. The lowest BCUT2D eigenvalue weighted by Crippen LogP contribution is -2.26. The van der Waals surface area contributed by atoms with Crippen molar-refractivity contribution in [3.63, 3.8) is 0 Å². The van der Waals surface area contributed by atoms with E-state index in [1.807, 2.05) is 47.9 Å². The number of rotatable bonds is 8. The van der Waals surface area contributed by atoms with Gasteiger partial charge >= 0.3 is 0 Å². The van der Waals surface area contributed by atoms with Crippen molar-refractivity contribution in [3.8, 4) is 5.75 Å². The van der Waals surface area contributed by atoms with Gasteiger partial charge < -0.3 is 10.1 Å². The van der Waals surface area contributed by atoms with Crippen LogP contribution in [0.3, 0.4) is 0 Å². The Labute approximate surface area is 192 Å². The minimum absolute atomic E-state index is 0.108. The van der Waals surface area contributed by atoms with E-state index in [0.717, 1.165) is 16.4 Å². The smallest absolute Gasteiger partial charge is 0.247 e. The first kappa shape index (κ1) is 21.9.